The Balaban J connectivity index is 1.86. The predicted octanol–water partition coefficient (Wildman–Crippen LogP) is 4.05. The number of fused-ring (bicyclic) bond motifs is 1. The molecule has 1 amide bonds. The summed E-state index contributed by atoms with van der Waals surface area (Å²) in [6.07, 6.45) is -0.675. The van der Waals surface area contributed by atoms with E-state index in [1.54, 1.807) is 43.3 Å². The lowest BCUT2D eigenvalue weighted by molar-refractivity contribution is 0.187. The third kappa shape index (κ3) is 5.42. The summed E-state index contributed by atoms with van der Waals surface area (Å²) in [4.78, 5) is 41.5. The smallest absolute Gasteiger partial charge is 0.411 e. The van der Waals surface area contributed by atoms with Crippen LogP contribution < -0.4 is 21.3 Å². The Hall–Kier alpha value is -5.37. The average Bonchev–Trinajstić information content (AvgIpc) is 3.36. The topological polar surface area (TPSA) is 113 Å². The minimum atomic E-state index is -1.07. The molecule has 3 aromatic carbocycles. The van der Waals surface area contributed by atoms with Crippen molar-refractivity contribution in [1.29, 1.82) is 0 Å². The van der Waals surface area contributed by atoms with E-state index >= 15 is 4.39 Å². The van der Waals surface area contributed by atoms with Crippen LogP contribution in [0.3, 0.4) is 0 Å². The molecular weight excluding hydrogens is 581 g/mol. The zero-order chi connectivity index (χ0) is 31.7. The highest BCUT2D eigenvalue weighted by Crippen LogP contribution is 2.25. The highest BCUT2D eigenvalue weighted by atomic mass is 19.1. The molecule has 0 atom stereocenters. The summed E-state index contributed by atoms with van der Waals surface area (Å²) in [5.74, 6) is -3.04. The molecule has 5 aromatic rings. The van der Waals surface area contributed by atoms with Crippen molar-refractivity contribution in [3.63, 3.8) is 0 Å². The molecule has 44 heavy (non-hydrogen) atoms. The molecule has 0 saturated heterocycles. The van der Waals surface area contributed by atoms with Crippen LogP contribution in [0.2, 0.25) is 0 Å². The fraction of sp³-hybridized carbons (Fsp3) is 0.200. The van der Waals surface area contributed by atoms with E-state index in [1.165, 1.54) is 43.2 Å². The van der Waals surface area contributed by atoms with Gasteiger partial charge in [0.1, 0.15) is 17.0 Å². The van der Waals surface area contributed by atoms with Crippen LogP contribution in [0.5, 0.6) is 5.75 Å². The van der Waals surface area contributed by atoms with Crippen LogP contribution in [0, 0.1) is 17.5 Å². The molecule has 0 aliphatic carbocycles. The number of halogens is 3. The number of hydrogen-bond donors (Lipinski definition) is 1. The van der Waals surface area contributed by atoms with Crippen LogP contribution in [-0.2, 0) is 17.8 Å². The summed E-state index contributed by atoms with van der Waals surface area (Å²) in [6.45, 7) is -0.527. The summed E-state index contributed by atoms with van der Waals surface area (Å²) in [5.41, 5.74) is -1.85. The van der Waals surface area contributed by atoms with Crippen LogP contribution in [0.25, 0.3) is 22.4 Å². The number of hydrogen-bond acceptors (Lipinski definition) is 7. The molecular formula is C30H27F3N6O5. The third-order valence-corrected chi connectivity index (χ3v) is 6.85. The second-order valence-corrected chi connectivity index (χ2v) is 9.96. The van der Waals surface area contributed by atoms with Crippen LogP contribution in [0.15, 0.2) is 70.3 Å². The van der Waals surface area contributed by atoms with Gasteiger partial charge >= 0.3 is 11.8 Å². The summed E-state index contributed by atoms with van der Waals surface area (Å²) >= 11 is 0. The van der Waals surface area contributed by atoms with Crippen molar-refractivity contribution in [2.75, 3.05) is 33.6 Å². The van der Waals surface area contributed by atoms with Gasteiger partial charge in [-0.1, -0.05) is 12.1 Å². The van der Waals surface area contributed by atoms with Crippen molar-refractivity contribution in [3.8, 4) is 17.1 Å². The zero-order valence-corrected chi connectivity index (χ0v) is 24.1. The lowest BCUT2D eigenvalue weighted by Crippen LogP contribution is -2.40. The van der Waals surface area contributed by atoms with Gasteiger partial charge in [-0.05, 0) is 62.6 Å². The molecule has 0 fully saturated rings. The SMILES string of the molecule is COC(=O)Nc1ccc(-n2nc3c(c2CN(C)C)c(=O)n(-c2cccc(OC)c2F)c(=O)n3Cc2c(F)cccc2F)cc1. The number of aromatic nitrogens is 4. The minimum Gasteiger partial charge on any atom is -0.494 e. The molecule has 228 valence electrons. The maximum Gasteiger partial charge on any atom is 0.411 e. The maximum absolute atomic E-state index is 15.5. The lowest BCUT2D eigenvalue weighted by atomic mass is 10.2. The molecule has 2 aromatic heterocycles. The molecule has 0 saturated carbocycles. The van der Waals surface area contributed by atoms with Gasteiger partial charge in [-0.25, -0.2) is 32.0 Å². The second-order valence-electron chi connectivity index (χ2n) is 9.96. The Morgan fingerprint density at radius 1 is 0.955 bits per heavy atom. The van der Waals surface area contributed by atoms with Crippen LogP contribution in [0.4, 0.5) is 23.7 Å². The van der Waals surface area contributed by atoms with Gasteiger partial charge in [-0.3, -0.25) is 14.7 Å². The van der Waals surface area contributed by atoms with Crippen molar-refractivity contribution in [3.05, 3.63) is 110 Å². The van der Waals surface area contributed by atoms with Crippen LogP contribution >= 0.6 is 0 Å². The summed E-state index contributed by atoms with van der Waals surface area (Å²) in [7, 11) is 5.96. The van der Waals surface area contributed by atoms with Gasteiger partial charge in [-0.15, -0.1) is 5.10 Å². The first-order chi connectivity index (χ1) is 21.0. The molecule has 0 radical (unpaired) electrons. The first-order valence-electron chi connectivity index (χ1n) is 13.2. The first-order valence-corrected chi connectivity index (χ1v) is 13.2. The van der Waals surface area contributed by atoms with E-state index in [2.05, 4.69) is 15.2 Å². The highest BCUT2D eigenvalue weighted by Gasteiger charge is 2.27. The number of carbonyl (C=O) groups is 1. The fourth-order valence-corrected chi connectivity index (χ4v) is 4.80. The number of methoxy groups -OCH3 is 2. The summed E-state index contributed by atoms with van der Waals surface area (Å²) in [5, 5.41) is 7.03. The van der Waals surface area contributed by atoms with Gasteiger partial charge in [0.15, 0.2) is 17.2 Å². The monoisotopic (exact) mass is 608 g/mol. The number of amides is 1. The molecule has 2 heterocycles. The highest BCUT2D eigenvalue weighted by molar-refractivity contribution is 5.84. The number of ether oxygens (including phenoxy) is 2. The molecule has 0 bridgehead atoms. The van der Waals surface area contributed by atoms with Gasteiger partial charge < -0.3 is 14.4 Å². The van der Waals surface area contributed by atoms with Crippen LogP contribution in [0.1, 0.15) is 11.3 Å². The van der Waals surface area contributed by atoms with Gasteiger partial charge in [-0.2, -0.15) is 0 Å². The number of carbonyl (C=O) groups excluding carboxylic acids is 1. The van der Waals surface area contributed by atoms with E-state index in [1.807, 2.05) is 0 Å². The van der Waals surface area contributed by atoms with Crippen molar-refractivity contribution in [2.45, 2.75) is 13.1 Å². The molecule has 5 rings (SSSR count). The van der Waals surface area contributed by atoms with E-state index in [-0.39, 0.29) is 23.3 Å². The Kier molecular flexibility index (Phi) is 8.27. The molecule has 14 heteroatoms. The van der Waals surface area contributed by atoms with Crippen LogP contribution in [-0.4, -0.2) is 58.2 Å². The van der Waals surface area contributed by atoms with E-state index in [0.717, 1.165) is 16.7 Å². The normalized spacial score (nSPS) is 11.3. The number of nitrogens with one attached hydrogen (secondary N) is 1. The number of anilines is 1. The number of nitrogens with zero attached hydrogens (tertiary/aromatic N) is 5. The number of benzene rings is 3. The fourth-order valence-electron chi connectivity index (χ4n) is 4.80. The van der Waals surface area contributed by atoms with Crippen molar-refractivity contribution >= 4 is 22.8 Å². The quantitative estimate of drug-likeness (QED) is 0.283. The summed E-state index contributed by atoms with van der Waals surface area (Å²) in [6, 6.07) is 13.6. The molecule has 0 spiro atoms. The lowest BCUT2D eigenvalue weighted by Gasteiger charge is -2.15. The van der Waals surface area contributed by atoms with Gasteiger partial charge in [0.2, 0.25) is 0 Å². The minimum absolute atomic E-state index is 0.0750. The third-order valence-electron chi connectivity index (χ3n) is 6.85. The summed E-state index contributed by atoms with van der Waals surface area (Å²) < 4.78 is 57.8. The molecule has 1 N–H and O–H groups in total. The Bertz CT molecular complexity index is 1980. The van der Waals surface area contributed by atoms with Gasteiger partial charge in [0.25, 0.3) is 5.56 Å². The number of rotatable bonds is 8. The average molecular weight is 609 g/mol. The molecule has 0 aliphatic heterocycles. The van der Waals surface area contributed by atoms with Crippen molar-refractivity contribution < 1.29 is 27.4 Å². The van der Waals surface area contributed by atoms with Crippen molar-refractivity contribution in [2.24, 2.45) is 0 Å². The standard InChI is InChI=1S/C30H27F3N6O5/c1-36(2)16-23-25-27(35-39(23)18-13-11-17(12-14-18)34-29(41)44-4)37(15-19-20(31)7-5-8-21(19)32)30(42)38(28(25)40)22-9-6-10-24(43-3)26(22)33/h5-14H,15-16H2,1-4H3,(H,34,41). The Labute approximate surface area is 248 Å². The van der Waals surface area contributed by atoms with E-state index in [0.29, 0.717) is 21.6 Å². The van der Waals surface area contributed by atoms with Gasteiger partial charge in [0, 0.05) is 17.8 Å². The van der Waals surface area contributed by atoms with E-state index in [4.69, 9.17) is 4.74 Å². The Morgan fingerprint density at radius 2 is 1.61 bits per heavy atom. The van der Waals surface area contributed by atoms with E-state index < -0.39 is 52.6 Å². The second kappa shape index (κ2) is 12.1. The molecule has 0 aliphatic rings. The Morgan fingerprint density at radius 3 is 2.23 bits per heavy atom. The molecule has 11 nitrogen and oxygen atoms in total. The van der Waals surface area contributed by atoms with Gasteiger partial charge in [0.05, 0.1) is 37.8 Å². The first kappa shape index (κ1) is 30.1. The zero-order valence-electron chi connectivity index (χ0n) is 24.1. The largest absolute Gasteiger partial charge is 0.494 e. The molecule has 0 unspecified atom stereocenters. The maximum atomic E-state index is 15.5. The van der Waals surface area contributed by atoms with E-state index in [9.17, 15) is 23.2 Å². The van der Waals surface area contributed by atoms with Crippen molar-refractivity contribution in [1.82, 2.24) is 23.8 Å². The predicted molar refractivity (Wildman–Crippen MR) is 156 cm³/mol.